The second-order valence-electron chi connectivity index (χ2n) is 8.88. The van der Waals surface area contributed by atoms with Crippen LogP contribution >= 0.6 is 15.9 Å². The Morgan fingerprint density at radius 1 is 1.04 bits per heavy atom. The lowest BCUT2D eigenvalue weighted by atomic mass is 9.49. The smallest absolute Gasteiger partial charge is 0.228 e. The average molecular weight is 404 g/mol. The second-order valence-corrected chi connectivity index (χ2v) is 10.6. The zero-order chi connectivity index (χ0) is 17.1. The first kappa shape index (κ1) is 16.1. The quantitative estimate of drug-likeness (QED) is 0.709. The van der Waals surface area contributed by atoms with E-state index in [0.717, 1.165) is 57.3 Å². The van der Waals surface area contributed by atoms with Gasteiger partial charge in [-0.25, -0.2) is 0 Å². The Hall–Kier alpha value is -1.10. The van der Waals surface area contributed by atoms with Crippen LogP contribution in [0.2, 0.25) is 0 Å². The molecular weight excluding hydrogens is 378 g/mol. The Morgan fingerprint density at radius 2 is 1.68 bits per heavy atom. The summed E-state index contributed by atoms with van der Waals surface area (Å²) in [6.07, 6.45) is 11.0. The van der Waals surface area contributed by atoms with Gasteiger partial charge < -0.3 is 9.80 Å². The maximum atomic E-state index is 13.5. The van der Waals surface area contributed by atoms with Gasteiger partial charge in [0.2, 0.25) is 5.91 Å². The van der Waals surface area contributed by atoms with Crippen LogP contribution in [0.1, 0.15) is 38.5 Å². The van der Waals surface area contributed by atoms with Gasteiger partial charge in [-0.2, -0.15) is 0 Å². The summed E-state index contributed by atoms with van der Waals surface area (Å²) in [5, 5.41) is 0. The number of amides is 1. The molecule has 4 saturated carbocycles. The van der Waals surface area contributed by atoms with Crippen molar-refractivity contribution in [3.05, 3.63) is 24.5 Å². The molecule has 6 rings (SSSR count). The fourth-order valence-corrected chi connectivity index (χ4v) is 7.91. The summed E-state index contributed by atoms with van der Waals surface area (Å²) in [6, 6.07) is 4.12. The van der Waals surface area contributed by atoms with Crippen molar-refractivity contribution in [1.82, 2.24) is 9.88 Å². The second kappa shape index (κ2) is 5.70. The Kier molecular flexibility index (Phi) is 3.67. The number of pyridine rings is 1. The molecule has 5 heteroatoms. The van der Waals surface area contributed by atoms with E-state index in [4.69, 9.17) is 0 Å². The molecule has 1 aromatic heterocycles. The first-order valence-corrected chi connectivity index (χ1v) is 10.5. The number of nitrogens with zero attached hydrogens (tertiary/aromatic N) is 3. The van der Waals surface area contributed by atoms with Crippen molar-refractivity contribution in [3.63, 3.8) is 0 Å². The molecule has 0 N–H and O–H groups in total. The number of alkyl halides is 1. The third-order valence-electron chi connectivity index (χ3n) is 7.04. The van der Waals surface area contributed by atoms with E-state index in [2.05, 4.69) is 42.8 Å². The maximum absolute atomic E-state index is 13.5. The van der Waals surface area contributed by atoms with Crippen LogP contribution in [0, 0.1) is 17.3 Å². The van der Waals surface area contributed by atoms with Crippen LogP contribution in [0.15, 0.2) is 24.5 Å². The first-order chi connectivity index (χ1) is 12.1. The fraction of sp³-hybridized carbons (Fsp3) is 0.700. The van der Waals surface area contributed by atoms with Crippen molar-refractivity contribution in [1.29, 1.82) is 0 Å². The van der Waals surface area contributed by atoms with Gasteiger partial charge >= 0.3 is 0 Å². The minimum Gasteiger partial charge on any atom is -0.368 e. The zero-order valence-corrected chi connectivity index (χ0v) is 16.2. The van der Waals surface area contributed by atoms with Crippen LogP contribution in [0.3, 0.4) is 0 Å². The molecule has 134 valence electrons. The monoisotopic (exact) mass is 403 g/mol. The van der Waals surface area contributed by atoms with Crippen LogP contribution in [-0.4, -0.2) is 46.3 Å². The van der Waals surface area contributed by atoms with Gasteiger partial charge in [0, 0.05) is 48.6 Å². The Morgan fingerprint density at radius 3 is 2.28 bits per heavy atom. The highest BCUT2D eigenvalue weighted by molar-refractivity contribution is 9.10. The van der Waals surface area contributed by atoms with Gasteiger partial charge in [0.1, 0.15) is 0 Å². The summed E-state index contributed by atoms with van der Waals surface area (Å²) in [4.78, 5) is 22.2. The molecule has 1 amide bonds. The molecule has 25 heavy (non-hydrogen) atoms. The highest BCUT2D eigenvalue weighted by Crippen LogP contribution is 2.64. The Labute approximate surface area is 158 Å². The highest BCUT2D eigenvalue weighted by atomic mass is 79.9. The van der Waals surface area contributed by atoms with Crippen molar-refractivity contribution in [2.45, 2.75) is 42.8 Å². The van der Waals surface area contributed by atoms with Crippen molar-refractivity contribution in [2.75, 3.05) is 31.1 Å². The summed E-state index contributed by atoms with van der Waals surface area (Å²) in [5.74, 6) is 1.99. The molecule has 5 fully saturated rings. The third-order valence-corrected chi connectivity index (χ3v) is 7.97. The summed E-state index contributed by atoms with van der Waals surface area (Å²) < 4.78 is 0.256. The molecule has 5 aliphatic rings. The standard InChI is InChI=1S/C20H26BrN3O/c21-20-12-15-9-16(13-20)11-19(10-15,14-20)18(25)24-7-5-23(6-8-24)17-1-3-22-4-2-17/h1-4,15-16H,5-14H2. The number of aromatic nitrogens is 1. The largest absolute Gasteiger partial charge is 0.368 e. The van der Waals surface area contributed by atoms with Gasteiger partial charge in [-0.15, -0.1) is 0 Å². The number of halogens is 1. The molecule has 2 unspecified atom stereocenters. The van der Waals surface area contributed by atoms with Crippen LogP contribution in [0.5, 0.6) is 0 Å². The number of piperazine rings is 1. The van der Waals surface area contributed by atoms with E-state index in [1.54, 1.807) is 0 Å². The van der Waals surface area contributed by atoms with Crippen molar-refractivity contribution >= 4 is 27.5 Å². The van der Waals surface area contributed by atoms with E-state index in [0.29, 0.717) is 5.91 Å². The van der Waals surface area contributed by atoms with E-state index < -0.39 is 0 Å². The lowest BCUT2D eigenvalue weighted by molar-refractivity contribution is -0.155. The molecule has 0 radical (unpaired) electrons. The Balaban J connectivity index is 1.30. The van der Waals surface area contributed by atoms with Crippen molar-refractivity contribution in [2.24, 2.45) is 17.3 Å². The number of hydrogen-bond acceptors (Lipinski definition) is 3. The normalized spacial score (nSPS) is 39.7. The maximum Gasteiger partial charge on any atom is 0.228 e. The lowest BCUT2D eigenvalue weighted by Gasteiger charge is -2.60. The fourth-order valence-electron chi connectivity index (χ4n) is 6.46. The highest BCUT2D eigenvalue weighted by Gasteiger charge is 2.60. The lowest BCUT2D eigenvalue weighted by Crippen LogP contribution is -2.61. The van der Waals surface area contributed by atoms with E-state index in [1.165, 1.54) is 24.9 Å². The molecule has 1 aliphatic heterocycles. The minimum atomic E-state index is -0.0631. The topological polar surface area (TPSA) is 36.4 Å². The summed E-state index contributed by atoms with van der Waals surface area (Å²) in [5.41, 5.74) is 1.16. The van der Waals surface area contributed by atoms with Crippen LogP contribution < -0.4 is 4.90 Å². The number of carbonyl (C=O) groups is 1. The number of anilines is 1. The number of rotatable bonds is 2. The van der Waals surface area contributed by atoms with Gasteiger partial charge in [0.05, 0.1) is 5.41 Å². The molecule has 4 aliphatic carbocycles. The van der Waals surface area contributed by atoms with Crippen molar-refractivity contribution < 1.29 is 4.79 Å². The van der Waals surface area contributed by atoms with E-state index in [9.17, 15) is 4.79 Å². The minimum absolute atomic E-state index is 0.0631. The van der Waals surface area contributed by atoms with Crippen LogP contribution in [0.25, 0.3) is 0 Å². The first-order valence-electron chi connectivity index (χ1n) is 9.69. The molecular formula is C20H26BrN3O. The zero-order valence-electron chi connectivity index (χ0n) is 14.7. The SMILES string of the molecule is O=C(N1CCN(c2ccncc2)CC1)C12CC3CC(CC(Br)(C3)C1)C2. The summed E-state index contributed by atoms with van der Waals surface area (Å²) >= 11 is 4.04. The van der Waals surface area contributed by atoms with E-state index >= 15 is 0 Å². The van der Waals surface area contributed by atoms with Gasteiger partial charge in [-0.3, -0.25) is 9.78 Å². The molecule has 4 bridgehead atoms. The van der Waals surface area contributed by atoms with Crippen LogP contribution in [0.4, 0.5) is 5.69 Å². The molecule has 0 spiro atoms. The molecule has 0 aromatic carbocycles. The molecule has 4 nitrogen and oxygen atoms in total. The van der Waals surface area contributed by atoms with Gasteiger partial charge in [-0.1, -0.05) is 15.9 Å². The predicted molar refractivity (Wildman–Crippen MR) is 102 cm³/mol. The number of hydrogen-bond donors (Lipinski definition) is 0. The Bertz CT molecular complexity index is 657. The van der Waals surface area contributed by atoms with Crippen molar-refractivity contribution in [3.8, 4) is 0 Å². The molecule has 2 heterocycles. The predicted octanol–water partition coefficient (Wildman–Crippen LogP) is 3.46. The molecule has 2 atom stereocenters. The number of carbonyl (C=O) groups excluding carboxylic acids is 1. The third kappa shape index (κ3) is 2.70. The van der Waals surface area contributed by atoms with Gasteiger partial charge in [-0.05, 0) is 62.5 Å². The van der Waals surface area contributed by atoms with Crippen LogP contribution in [-0.2, 0) is 4.79 Å². The molecule has 1 saturated heterocycles. The summed E-state index contributed by atoms with van der Waals surface area (Å²) in [7, 11) is 0. The molecule has 1 aromatic rings. The van der Waals surface area contributed by atoms with E-state index in [-0.39, 0.29) is 9.74 Å². The summed E-state index contributed by atoms with van der Waals surface area (Å²) in [6.45, 7) is 3.57. The van der Waals surface area contributed by atoms with E-state index in [1.807, 2.05) is 12.4 Å². The average Bonchev–Trinajstić information content (AvgIpc) is 2.60. The van der Waals surface area contributed by atoms with Gasteiger partial charge in [0.15, 0.2) is 0 Å². The van der Waals surface area contributed by atoms with Gasteiger partial charge in [0.25, 0.3) is 0 Å².